The maximum atomic E-state index is 13.4. The standard InChI is InChI=1S/C19H20FN5O/c1-23(2)18-17-6-8-21-25(17)12-16(22-18)14-7-9-24(11-14)19(26)13-4-3-5-15(20)10-13/h3-6,8,10,12,14H,7,9,11H2,1-2H3/t14-/m1/s1. The summed E-state index contributed by atoms with van der Waals surface area (Å²) >= 11 is 0. The van der Waals surface area contributed by atoms with Crippen molar-refractivity contribution in [2.24, 2.45) is 0 Å². The lowest BCUT2D eigenvalue weighted by molar-refractivity contribution is 0.0790. The summed E-state index contributed by atoms with van der Waals surface area (Å²) in [7, 11) is 3.90. The smallest absolute Gasteiger partial charge is 0.253 e. The number of benzene rings is 1. The van der Waals surface area contributed by atoms with Crippen LogP contribution in [-0.2, 0) is 0 Å². The van der Waals surface area contributed by atoms with Gasteiger partial charge in [-0.1, -0.05) is 6.07 Å². The monoisotopic (exact) mass is 353 g/mol. The van der Waals surface area contributed by atoms with Gasteiger partial charge in [-0.3, -0.25) is 4.79 Å². The van der Waals surface area contributed by atoms with Crippen molar-refractivity contribution in [2.75, 3.05) is 32.1 Å². The average molecular weight is 353 g/mol. The first-order chi connectivity index (χ1) is 12.5. The Hall–Kier alpha value is -2.96. The first-order valence-electron chi connectivity index (χ1n) is 8.59. The summed E-state index contributed by atoms with van der Waals surface area (Å²) in [4.78, 5) is 21.2. The number of likely N-dealkylation sites (tertiary alicyclic amines) is 1. The fraction of sp³-hybridized carbons (Fsp3) is 0.316. The first-order valence-corrected chi connectivity index (χ1v) is 8.59. The van der Waals surface area contributed by atoms with E-state index in [1.54, 1.807) is 23.2 Å². The van der Waals surface area contributed by atoms with Crippen LogP contribution in [0.1, 0.15) is 28.4 Å². The summed E-state index contributed by atoms with van der Waals surface area (Å²) < 4.78 is 15.2. The Morgan fingerprint density at radius 2 is 2.15 bits per heavy atom. The quantitative estimate of drug-likeness (QED) is 0.726. The number of fused-ring (bicyclic) bond motifs is 1. The lowest BCUT2D eigenvalue weighted by Gasteiger charge is -2.18. The molecule has 7 heteroatoms. The predicted molar refractivity (Wildman–Crippen MR) is 97.0 cm³/mol. The molecule has 1 atom stereocenters. The predicted octanol–water partition coefficient (Wildman–Crippen LogP) is 2.56. The van der Waals surface area contributed by atoms with Crippen molar-refractivity contribution < 1.29 is 9.18 Å². The van der Waals surface area contributed by atoms with Crippen molar-refractivity contribution in [1.29, 1.82) is 0 Å². The molecule has 0 N–H and O–H groups in total. The molecule has 0 bridgehead atoms. The number of rotatable bonds is 3. The summed E-state index contributed by atoms with van der Waals surface area (Å²) in [6.07, 6.45) is 4.51. The molecule has 3 aromatic rings. The molecule has 2 aromatic heterocycles. The third kappa shape index (κ3) is 2.89. The highest BCUT2D eigenvalue weighted by Crippen LogP contribution is 2.29. The fourth-order valence-corrected chi connectivity index (χ4v) is 3.44. The molecule has 134 valence electrons. The van der Waals surface area contributed by atoms with Gasteiger partial charge in [0.1, 0.15) is 11.3 Å². The van der Waals surface area contributed by atoms with Crippen molar-refractivity contribution in [3.63, 3.8) is 0 Å². The molecule has 1 aliphatic rings. The van der Waals surface area contributed by atoms with Crippen molar-refractivity contribution in [1.82, 2.24) is 19.5 Å². The van der Waals surface area contributed by atoms with E-state index < -0.39 is 5.82 Å². The molecule has 4 rings (SSSR count). The molecule has 0 spiro atoms. The second-order valence-electron chi connectivity index (χ2n) is 6.79. The van der Waals surface area contributed by atoms with Crippen LogP contribution in [0.3, 0.4) is 0 Å². The van der Waals surface area contributed by atoms with E-state index in [9.17, 15) is 9.18 Å². The van der Waals surface area contributed by atoms with Gasteiger partial charge in [-0.05, 0) is 30.7 Å². The normalized spacial score (nSPS) is 17.0. The van der Waals surface area contributed by atoms with Crippen LogP contribution in [0.5, 0.6) is 0 Å². The molecule has 26 heavy (non-hydrogen) atoms. The molecule has 6 nitrogen and oxygen atoms in total. The summed E-state index contributed by atoms with van der Waals surface area (Å²) in [5.41, 5.74) is 2.25. The molecule has 0 aliphatic carbocycles. The van der Waals surface area contributed by atoms with Crippen molar-refractivity contribution in [3.8, 4) is 0 Å². The van der Waals surface area contributed by atoms with E-state index in [1.165, 1.54) is 12.1 Å². The molecule has 0 saturated carbocycles. The van der Waals surface area contributed by atoms with E-state index in [2.05, 4.69) is 5.10 Å². The summed E-state index contributed by atoms with van der Waals surface area (Å²) in [5, 5.41) is 4.33. The highest BCUT2D eigenvalue weighted by atomic mass is 19.1. The van der Waals surface area contributed by atoms with Gasteiger partial charge in [0.25, 0.3) is 5.91 Å². The third-order valence-electron chi connectivity index (χ3n) is 4.78. The Morgan fingerprint density at radius 1 is 1.31 bits per heavy atom. The topological polar surface area (TPSA) is 53.7 Å². The molecule has 1 aromatic carbocycles. The van der Waals surface area contributed by atoms with Crippen LogP contribution in [0.25, 0.3) is 5.52 Å². The Bertz CT molecular complexity index is 967. The van der Waals surface area contributed by atoms with Crippen molar-refractivity contribution in [2.45, 2.75) is 12.3 Å². The Labute approximate surface area is 150 Å². The minimum Gasteiger partial charge on any atom is -0.361 e. The van der Waals surface area contributed by atoms with E-state index >= 15 is 0 Å². The van der Waals surface area contributed by atoms with E-state index in [0.29, 0.717) is 18.7 Å². The zero-order valence-electron chi connectivity index (χ0n) is 14.8. The highest BCUT2D eigenvalue weighted by Gasteiger charge is 2.30. The van der Waals surface area contributed by atoms with E-state index in [1.807, 2.05) is 35.8 Å². The van der Waals surface area contributed by atoms with Gasteiger partial charge in [0.05, 0.1) is 18.1 Å². The number of hydrogen-bond donors (Lipinski definition) is 0. The molecular weight excluding hydrogens is 333 g/mol. The minimum absolute atomic E-state index is 0.139. The molecule has 1 aliphatic heterocycles. The average Bonchev–Trinajstić information content (AvgIpc) is 3.29. The van der Waals surface area contributed by atoms with Crippen LogP contribution in [0, 0.1) is 5.82 Å². The Balaban J connectivity index is 1.59. The Kier molecular flexibility index (Phi) is 4.06. The largest absolute Gasteiger partial charge is 0.361 e. The van der Waals surface area contributed by atoms with Crippen LogP contribution >= 0.6 is 0 Å². The van der Waals surface area contributed by atoms with Gasteiger partial charge >= 0.3 is 0 Å². The van der Waals surface area contributed by atoms with Gasteiger partial charge in [0.2, 0.25) is 0 Å². The molecule has 0 unspecified atom stereocenters. The van der Waals surface area contributed by atoms with Gasteiger partial charge in [0, 0.05) is 38.7 Å². The molecule has 3 heterocycles. The Morgan fingerprint density at radius 3 is 2.92 bits per heavy atom. The zero-order valence-corrected chi connectivity index (χ0v) is 14.8. The van der Waals surface area contributed by atoms with Gasteiger partial charge in [-0.15, -0.1) is 0 Å². The number of aromatic nitrogens is 3. The number of carbonyl (C=O) groups excluding carboxylic acids is 1. The molecule has 1 fully saturated rings. The van der Waals surface area contributed by atoms with Crippen molar-refractivity contribution >= 4 is 17.2 Å². The zero-order chi connectivity index (χ0) is 18.3. The lowest BCUT2D eigenvalue weighted by atomic mass is 10.1. The summed E-state index contributed by atoms with van der Waals surface area (Å²) in [5.74, 6) is 0.461. The second kappa shape index (κ2) is 6.40. The molecule has 1 saturated heterocycles. The number of hydrogen-bond acceptors (Lipinski definition) is 4. The number of nitrogens with zero attached hydrogens (tertiary/aromatic N) is 5. The lowest BCUT2D eigenvalue weighted by Crippen LogP contribution is -2.28. The van der Waals surface area contributed by atoms with Gasteiger partial charge < -0.3 is 9.80 Å². The summed E-state index contributed by atoms with van der Waals surface area (Å²) in [6.45, 7) is 1.21. The molecular formula is C19H20FN5O. The number of anilines is 1. The SMILES string of the molecule is CN(C)c1nc([C@@H]2CCN(C(=O)c3cccc(F)c3)C2)cn2nccc12. The van der Waals surface area contributed by atoms with E-state index in [4.69, 9.17) is 4.98 Å². The van der Waals surface area contributed by atoms with Gasteiger partial charge in [0.15, 0.2) is 5.82 Å². The van der Waals surface area contributed by atoms with Crippen LogP contribution < -0.4 is 4.90 Å². The molecule has 0 radical (unpaired) electrons. The van der Waals surface area contributed by atoms with Crippen molar-refractivity contribution in [3.05, 3.63) is 59.8 Å². The van der Waals surface area contributed by atoms with Crippen LogP contribution in [-0.4, -0.2) is 52.6 Å². The van der Waals surface area contributed by atoms with E-state index in [-0.39, 0.29) is 11.8 Å². The first kappa shape index (κ1) is 16.5. The van der Waals surface area contributed by atoms with Gasteiger partial charge in [-0.2, -0.15) is 5.10 Å². The third-order valence-corrected chi connectivity index (χ3v) is 4.78. The number of halogens is 1. The van der Waals surface area contributed by atoms with Gasteiger partial charge in [-0.25, -0.2) is 13.9 Å². The molecule has 1 amide bonds. The summed E-state index contributed by atoms with van der Waals surface area (Å²) in [6, 6.07) is 7.77. The number of carbonyl (C=O) groups is 1. The van der Waals surface area contributed by atoms with E-state index in [0.717, 1.165) is 23.4 Å². The fourth-order valence-electron chi connectivity index (χ4n) is 3.44. The van der Waals surface area contributed by atoms with Crippen LogP contribution in [0.4, 0.5) is 10.2 Å². The minimum atomic E-state index is -0.395. The highest BCUT2D eigenvalue weighted by molar-refractivity contribution is 5.94. The van der Waals surface area contributed by atoms with Crippen LogP contribution in [0.15, 0.2) is 42.7 Å². The number of amides is 1. The maximum Gasteiger partial charge on any atom is 0.253 e. The van der Waals surface area contributed by atoms with Crippen LogP contribution in [0.2, 0.25) is 0 Å². The second-order valence-corrected chi connectivity index (χ2v) is 6.79. The maximum absolute atomic E-state index is 13.4.